The molecule has 0 saturated heterocycles. The van der Waals surface area contributed by atoms with Gasteiger partial charge in [-0.2, -0.15) is 0 Å². The Hall–Kier alpha value is -1.31. The van der Waals surface area contributed by atoms with E-state index in [0.29, 0.717) is 5.75 Å². The van der Waals surface area contributed by atoms with Crippen molar-refractivity contribution in [1.82, 2.24) is 0 Å². The molecule has 1 rings (SSSR count). The van der Waals surface area contributed by atoms with E-state index >= 15 is 0 Å². The van der Waals surface area contributed by atoms with E-state index in [1.165, 1.54) is 5.56 Å². The molecule has 14 heavy (non-hydrogen) atoms. The van der Waals surface area contributed by atoms with E-state index in [0.717, 1.165) is 5.56 Å². The highest BCUT2D eigenvalue weighted by Gasteiger charge is 2.09. The maximum atomic E-state index is 11.3. The third kappa shape index (κ3) is 2.59. The number of rotatable bonds is 2. The monoisotopic (exact) mass is 192 g/mol. The van der Waals surface area contributed by atoms with Gasteiger partial charge in [0.25, 0.3) is 0 Å². The van der Waals surface area contributed by atoms with Gasteiger partial charge in [-0.1, -0.05) is 19.9 Å². The van der Waals surface area contributed by atoms with Crippen molar-refractivity contribution in [2.45, 2.75) is 27.7 Å². The molecule has 2 nitrogen and oxygen atoms in total. The van der Waals surface area contributed by atoms with Gasteiger partial charge in [0.2, 0.25) is 0 Å². The summed E-state index contributed by atoms with van der Waals surface area (Å²) in [6.45, 7) is 7.68. The van der Waals surface area contributed by atoms with Gasteiger partial charge in [0, 0.05) is 0 Å². The van der Waals surface area contributed by atoms with E-state index in [4.69, 9.17) is 4.74 Å². The molecule has 0 fully saturated rings. The molecule has 0 N–H and O–H groups in total. The number of hydrogen-bond acceptors (Lipinski definition) is 2. The molecule has 0 bridgehead atoms. The fourth-order valence-electron chi connectivity index (χ4n) is 1.01. The molecular weight excluding hydrogens is 176 g/mol. The lowest BCUT2D eigenvalue weighted by atomic mass is 10.1. The third-order valence-electron chi connectivity index (χ3n) is 2.17. The molecule has 0 unspecified atom stereocenters. The first-order valence-corrected chi connectivity index (χ1v) is 4.79. The summed E-state index contributed by atoms with van der Waals surface area (Å²) in [4.78, 5) is 11.3. The molecule has 0 saturated carbocycles. The van der Waals surface area contributed by atoms with Crippen LogP contribution in [0.4, 0.5) is 0 Å². The first-order chi connectivity index (χ1) is 6.50. The molecule has 0 atom stereocenters. The Morgan fingerprint density at radius 1 is 1.21 bits per heavy atom. The van der Waals surface area contributed by atoms with Crippen LogP contribution in [0.1, 0.15) is 25.0 Å². The van der Waals surface area contributed by atoms with Crippen LogP contribution in [0, 0.1) is 19.8 Å². The molecule has 76 valence electrons. The second-order valence-electron chi connectivity index (χ2n) is 3.82. The second-order valence-corrected chi connectivity index (χ2v) is 3.82. The molecule has 0 heterocycles. The lowest BCUT2D eigenvalue weighted by molar-refractivity contribution is -0.137. The van der Waals surface area contributed by atoms with Crippen LogP contribution in [0.25, 0.3) is 0 Å². The van der Waals surface area contributed by atoms with Crippen molar-refractivity contribution in [2.75, 3.05) is 0 Å². The topological polar surface area (TPSA) is 26.3 Å². The van der Waals surface area contributed by atoms with E-state index in [9.17, 15) is 4.79 Å². The quantitative estimate of drug-likeness (QED) is 0.532. The predicted molar refractivity (Wildman–Crippen MR) is 56.4 cm³/mol. The van der Waals surface area contributed by atoms with Crippen LogP contribution >= 0.6 is 0 Å². The van der Waals surface area contributed by atoms with Gasteiger partial charge in [0.05, 0.1) is 5.92 Å². The summed E-state index contributed by atoms with van der Waals surface area (Å²) in [5.74, 6) is 0.358. The summed E-state index contributed by atoms with van der Waals surface area (Å²) < 4.78 is 5.17. The smallest absolute Gasteiger partial charge is 0.313 e. The van der Waals surface area contributed by atoms with Crippen molar-refractivity contribution in [3.8, 4) is 5.75 Å². The summed E-state index contributed by atoms with van der Waals surface area (Å²) >= 11 is 0. The maximum Gasteiger partial charge on any atom is 0.313 e. The zero-order valence-corrected chi connectivity index (χ0v) is 9.13. The SMILES string of the molecule is Cc1ccc(OC(=O)C(C)C)cc1C. The Balaban J connectivity index is 2.78. The molecule has 0 spiro atoms. The van der Waals surface area contributed by atoms with Crippen molar-refractivity contribution < 1.29 is 9.53 Å². The van der Waals surface area contributed by atoms with Crippen LogP contribution in [0.15, 0.2) is 18.2 Å². The molecule has 0 amide bonds. The lowest BCUT2D eigenvalue weighted by Crippen LogP contribution is -2.14. The minimum atomic E-state index is -0.187. The standard InChI is InChI=1S/C12H16O2/c1-8(2)12(13)14-11-6-5-9(3)10(4)7-11/h5-8H,1-4H3. The first-order valence-electron chi connectivity index (χ1n) is 4.79. The molecule has 0 aliphatic carbocycles. The minimum absolute atomic E-state index is 0.0865. The van der Waals surface area contributed by atoms with Gasteiger partial charge in [-0.05, 0) is 37.1 Å². The van der Waals surface area contributed by atoms with E-state index in [2.05, 4.69) is 0 Å². The number of hydrogen-bond donors (Lipinski definition) is 0. The number of esters is 1. The zero-order valence-electron chi connectivity index (χ0n) is 9.13. The van der Waals surface area contributed by atoms with Crippen LogP contribution < -0.4 is 4.74 Å². The van der Waals surface area contributed by atoms with Crippen LogP contribution in [-0.4, -0.2) is 5.97 Å². The van der Waals surface area contributed by atoms with Crippen LogP contribution in [0.3, 0.4) is 0 Å². The van der Waals surface area contributed by atoms with Gasteiger partial charge in [0.15, 0.2) is 0 Å². The van der Waals surface area contributed by atoms with Gasteiger partial charge in [-0.3, -0.25) is 4.79 Å². The number of carbonyl (C=O) groups is 1. The number of ether oxygens (including phenoxy) is 1. The maximum absolute atomic E-state index is 11.3. The fourth-order valence-corrected chi connectivity index (χ4v) is 1.01. The van der Waals surface area contributed by atoms with E-state index in [1.54, 1.807) is 0 Å². The molecule has 0 radical (unpaired) electrons. The Morgan fingerprint density at radius 3 is 2.36 bits per heavy atom. The van der Waals surface area contributed by atoms with E-state index < -0.39 is 0 Å². The van der Waals surface area contributed by atoms with Crippen molar-refractivity contribution in [2.24, 2.45) is 5.92 Å². The normalized spacial score (nSPS) is 10.4. The first kappa shape index (κ1) is 10.8. The Bertz CT molecular complexity index is 340. The van der Waals surface area contributed by atoms with Gasteiger partial charge >= 0.3 is 5.97 Å². The van der Waals surface area contributed by atoms with Crippen molar-refractivity contribution in [3.05, 3.63) is 29.3 Å². The summed E-state index contributed by atoms with van der Waals surface area (Å²) in [5, 5.41) is 0. The highest BCUT2D eigenvalue weighted by atomic mass is 16.5. The summed E-state index contributed by atoms with van der Waals surface area (Å²) in [5.41, 5.74) is 2.34. The van der Waals surface area contributed by atoms with Gasteiger partial charge in [0.1, 0.15) is 5.75 Å². The lowest BCUT2D eigenvalue weighted by Gasteiger charge is -2.08. The van der Waals surface area contributed by atoms with Crippen LogP contribution in [0.5, 0.6) is 5.75 Å². The highest BCUT2D eigenvalue weighted by Crippen LogP contribution is 2.17. The molecule has 2 heteroatoms. The summed E-state index contributed by atoms with van der Waals surface area (Å²) in [6.07, 6.45) is 0. The molecule has 0 aromatic heterocycles. The fraction of sp³-hybridized carbons (Fsp3) is 0.417. The Kier molecular flexibility index (Phi) is 3.28. The summed E-state index contributed by atoms with van der Waals surface area (Å²) in [7, 11) is 0. The molecule has 0 aliphatic heterocycles. The Morgan fingerprint density at radius 2 is 1.86 bits per heavy atom. The van der Waals surface area contributed by atoms with Crippen LogP contribution in [0.2, 0.25) is 0 Å². The second kappa shape index (κ2) is 4.27. The van der Waals surface area contributed by atoms with Gasteiger partial charge < -0.3 is 4.74 Å². The molecular formula is C12H16O2. The van der Waals surface area contributed by atoms with Gasteiger partial charge in [-0.15, -0.1) is 0 Å². The largest absolute Gasteiger partial charge is 0.426 e. The Labute approximate surface area is 84.9 Å². The van der Waals surface area contributed by atoms with Gasteiger partial charge in [-0.25, -0.2) is 0 Å². The predicted octanol–water partition coefficient (Wildman–Crippen LogP) is 2.86. The third-order valence-corrected chi connectivity index (χ3v) is 2.17. The molecule has 0 aliphatic rings. The number of aryl methyl sites for hydroxylation is 2. The van der Waals surface area contributed by atoms with Crippen molar-refractivity contribution in [3.63, 3.8) is 0 Å². The summed E-state index contributed by atoms with van der Waals surface area (Å²) in [6, 6.07) is 5.66. The number of carbonyl (C=O) groups excluding carboxylic acids is 1. The zero-order chi connectivity index (χ0) is 10.7. The minimum Gasteiger partial charge on any atom is -0.426 e. The average Bonchev–Trinajstić information content (AvgIpc) is 2.11. The number of benzene rings is 1. The molecule has 1 aromatic carbocycles. The van der Waals surface area contributed by atoms with Crippen molar-refractivity contribution >= 4 is 5.97 Å². The highest BCUT2D eigenvalue weighted by molar-refractivity contribution is 5.74. The van der Waals surface area contributed by atoms with Crippen molar-refractivity contribution in [1.29, 1.82) is 0 Å². The van der Waals surface area contributed by atoms with E-state index in [-0.39, 0.29) is 11.9 Å². The average molecular weight is 192 g/mol. The van der Waals surface area contributed by atoms with Crippen LogP contribution in [-0.2, 0) is 4.79 Å². The molecule has 1 aromatic rings. The van der Waals surface area contributed by atoms with E-state index in [1.807, 2.05) is 45.9 Å².